The van der Waals surface area contributed by atoms with Gasteiger partial charge in [0, 0.05) is 25.7 Å². The Balaban J connectivity index is 1.97. The van der Waals surface area contributed by atoms with Crippen molar-refractivity contribution in [1.29, 1.82) is 0 Å². The maximum Gasteiger partial charge on any atom is 0.103 e. The van der Waals surface area contributed by atoms with E-state index in [2.05, 4.69) is 18.9 Å². The Hall–Kier alpha value is -0.940. The van der Waals surface area contributed by atoms with Crippen LogP contribution in [0.25, 0.3) is 0 Å². The number of hydrogen-bond acceptors (Lipinski definition) is 4. The van der Waals surface area contributed by atoms with Crippen LogP contribution in [-0.4, -0.2) is 48.9 Å². The van der Waals surface area contributed by atoms with Crippen LogP contribution in [0.15, 0.2) is 30.3 Å². The van der Waals surface area contributed by atoms with Crippen LogP contribution in [-0.2, 0) is 10.3 Å². The van der Waals surface area contributed by atoms with Crippen LogP contribution in [0.2, 0.25) is 0 Å². The van der Waals surface area contributed by atoms with E-state index in [1.165, 1.54) is 0 Å². The molecule has 1 fully saturated rings. The molecule has 1 saturated heterocycles. The highest BCUT2D eigenvalue weighted by Crippen LogP contribution is 2.25. The van der Waals surface area contributed by atoms with Crippen molar-refractivity contribution in [2.24, 2.45) is 5.73 Å². The highest BCUT2D eigenvalue weighted by Gasteiger charge is 2.31. The molecule has 0 radical (unpaired) electrons. The van der Waals surface area contributed by atoms with Crippen LogP contribution in [0, 0.1) is 0 Å². The van der Waals surface area contributed by atoms with E-state index in [1.54, 1.807) is 0 Å². The van der Waals surface area contributed by atoms with Crippen molar-refractivity contribution in [1.82, 2.24) is 4.90 Å². The monoisotopic (exact) mass is 278 g/mol. The Bertz CT molecular complexity index is 412. The lowest BCUT2D eigenvalue weighted by molar-refractivity contribution is 0.0182. The maximum atomic E-state index is 10.8. The summed E-state index contributed by atoms with van der Waals surface area (Å²) in [6.45, 7) is 3.99. The van der Waals surface area contributed by atoms with Gasteiger partial charge in [0.05, 0.1) is 6.10 Å². The Morgan fingerprint density at radius 1 is 1.40 bits per heavy atom. The van der Waals surface area contributed by atoms with Gasteiger partial charge in [-0.1, -0.05) is 30.3 Å². The van der Waals surface area contributed by atoms with Gasteiger partial charge in [-0.2, -0.15) is 0 Å². The predicted molar refractivity (Wildman–Crippen MR) is 80.5 cm³/mol. The van der Waals surface area contributed by atoms with Crippen molar-refractivity contribution in [3.8, 4) is 0 Å². The first-order valence-electron chi connectivity index (χ1n) is 7.36. The molecule has 0 saturated carbocycles. The molecule has 1 aliphatic heterocycles. The molecule has 4 nitrogen and oxygen atoms in total. The average molecular weight is 278 g/mol. The van der Waals surface area contributed by atoms with E-state index in [9.17, 15) is 5.11 Å². The quantitative estimate of drug-likeness (QED) is 0.824. The van der Waals surface area contributed by atoms with Gasteiger partial charge >= 0.3 is 0 Å². The molecule has 3 unspecified atom stereocenters. The molecule has 3 N–H and O–H groups in total. The smallest absolute Gasteiger partial charge is 0.103 e. The molecule has 0 aromatic heterocycles. The van der Waals surface area contributed by atoms with Crippen LogP contribution in [0.4, 0.5) is 0 Å². The summed E-state index contributed by atoms with van der Waals surface area (Å²) in [5.41, 5.74) is 5.76. The number of aliphatic hydroxyl groups is 1. The molecular weight excluding hydrogens is 252 g/mol. The molecule has 2 rings (SSSR count). The van der Waals surface area contributed by atoms with Gasteiger partial charge in [0.1, 0.15) is 5.60 Å². The highest BCUT2D eigenvalue weighted by molar-refractivity contribution is 5.22. The van der Waals surface area contributed by atoms with Gasteiger partial charge in [0.15, 0.2) is 0 Å². The largest absolute Gasteiger partial charge is 0.384 e. The first-order valence-corrected chi connectivity index (χ1v) is 7.36. The van der Waals surface area contributed by atoms with Crippen LogP contribution < -0.4 is 5.73 Å². The fraction of sp³-hybridized carbons (Fsp3) is 0.625. The van der Waals surface area contributed by atoms with Gasteiger partial charge < -0.3 is 20.5 Å². The molecule has 1 aromatic carbocycles. The minimum absolute atomic E-state index is 0.238. The van der Waals surface area contributed by atoms with E-state index in [1.807, 2.05) is 30.3 Å². The number of ether oxygens (including phenoxy) is 1. The zero-order valence-corrected chi connectivity index (χ0v) is 12.5. The summed E-state index contributed by atoms with van der Waals surface area (Å²) in [4.78, 5) is 2.28. The summed E-state index contributed by atoms with van der Waals surface area (Å²) in [6, 6.07) is 10.1. The van der Waals surface area contributed by atoms with Crippen LogP contribution in [0.5, 0.6) is 0 Å². The number of rotatable bonds is 6. The van der Waals surface area contributed by atoms with Gasteiger partial charge in [-0.15, -0.1) is 0 Å². The summed E-state index contributed by atoms with van der Waals surface area (Å²) in [7, 11) is 2.10. The molecule has 0 aliphatic carbocycles. The van der Waals surface area contributed by atoms with E-state index in [-0.39, 0.29) is 12.6 Å². The number of likely N-dealkylation sites (N-methyl/N-ethyl adjacent to an activating group) is 1. The molecule has 1 aliphatic rings. The molecular formula is C16H26N2O2. The number of nitrogens with two attached hydrogens (primary N) is 1. The summed E-state index contributed by atoms with van der Waals surface area (Å²) < 4.78 is 5.60. The zero-order valence-electron chi connectivity index (χ0n) is 12.5. The van der Waals surface area contributed by atoms with Gasteiger partial charge in [-0.05, 0) is 32.4 Å². The molecule has 1 aromatic rings. The lowest BCUT2D eigenvalue weighted by Crippen LogP contribution is -2.42. The summed E-state index contributed by atoms with van der Waals surface area (Å²) in [6.07, 6.45) is 1.96. The Kier molecular flexibility index (Phi) is 5.16. The van der Waals surface area contributed by atoms with Crippen molar-refractivity contribution in [3.05, 3.63) is 35.9 Å². The number of nitrogens with zero attached hydrogens (tertiary/aromatic N) is 1. The van der Waals surface area contributed by atoms with Crippen molar-refractivity contribution >= 4 is 0 Å². The van der Waals surface area contributed by atoms with E-state index in [0.29, 0.717) is 12.5 Å². The third-order valence-corrected chi connectivity index (χ3v) is 4.43. The van der Waals surface area contributed by atoms with E-state index in [4.69, 9.17) is 10.5 Å². The number of hydrogen-bond donors (Lipinski definition) is 2. The molecule has 20 heavy (non-hydrogen) atoms. The number of benzene rings is 1. The van der Waals surface area contributed by atoms with Crippen LogP contribution in [0.3, 0.4) is 0 Å². The van der Waals surface area contributed by atoms with Crippen LogP contribution in [0.1, 0.15) is 25.3 Å². The maximum absolute atomic E-state index is 10.8. The van der Waals surface area contributed by atoms with Crippen molar-refractivity contribution < 1.29 is 9.84 Å². The minimum atomic E-state index is -0.946. The van der Waals surface area contributed by atoms with E-state index >= 15 is 0 Å². The second kappa shape index (κ2) is 6.68. The SMILES string of the molecule is CC1OCCC1N(C)CCC(O)(CN)c1ccccc1. The molecule has 3 atom stereocenters. The predicted octanol–water partition coefficient (Wildman–Crippen LogP) is 1.33. The lowest BCUT2D eigenvalue weighted by Gasteiger charge is -2.32. The van der Waals surface area contributed by atoms with Crippen molar-refractivity contribution in [2.45, 2.75) is 37.5 Å². The molecule has 0 amide bonds. The fourth-order valence-electron chi connectivity index (χ4n) is 2.94. The summed E-state index contributed by atoms with van der Waals surface area (Å²) in [5, 5.41) is 10.8. The molecule has 4 heteroatoms. The second-order valence-corrected chi connectivity index (χ2v) is 5.76. The summed E-state index contributed by atoms with van der Waals surface area (Å²) in [5.74, 6) is 0. The Labute approximate surface area is 121 Å². The Morgan fingerprint density at radius 3 is 2.65 bits per heavy atom. The average Bonchev–Trinajstić information content (AvgIpc) is 2.91. The van der Waals surface area contributed by atoms with Gasteiger partial charge in [0.2, 0.25) is 0 Å². The van der Waals surface area contributed by atoms with Crippen molar-refractivity contribution in [2.75, 3.05) is 26.7 Å². The summed E-state index contributed by atoms with van der Waals surface area (Å²) >= 11 is 0. The molecule has 112 valence electrons. The zero-order chi connectivity index (χ0) is 14.6. The Morgan fingerprint density at radius 2 is 2.10 bits per heavy atom. The molecule has 1 heterocycles. The van der Waals surface area contributed by atoms with E-state index < -0.39 is 5.60 Å². The third kappa shape index (κ3) is 3.38. The minimum Gasteiger partial charge on any atom is -0.384 e. The van der Waals surface area contributed by atoms with E-state index in [0.717, 1.165) is 25.1 Å². The standard InChI is InChI=1S/C16H26N2O2/c1-13-15(8-11-20-13)18(2)10-9-16(19,12-17)14-6-4-3-5-7-14/h3-7,13,15,19H,8-12,17H2,1-2H3. The second-order valence-electron chi connectivity index (χ2n) is 5.76. The lowest BCUT2D eigenvalue weighted by atomic mass is 9.90. The topological polar surface area (TPSA) is 58.7 Å². The van der Waals surface area contributed by atoms with Gasteiger partial charge in [-0.3, -0.25) is 0 Å². The highest BCUT2D eigenvalue weighted by atomic mass is 16.5. The fourth-order valence-corrected chi connectivity index (χ4v) is 2.94. The van der Waals surface area contributed by atoms with Gasteiger partial charge in [-0.25, -0.2) is 0 Å². The third-order valence-electron chi connectivity index (χ3n) is 4.43. The first-order chi connectivity index (χ1) is 9.57. The normalized spacial score (nSPS) is 25.9. The van der Waals surface area contributed by atoms with Gasteiger partial charge in [0.25, 0.3) is 0 Å². The van der Waals surface area contributed by atoms with Crippen molar-refractivity contribution in [3.63, 3.8) is 0 Å². The molecule has 0 bridgehead atoms. The van der Waals surface area contributed by atoms with Crippen LogP contribution >= 0.6 is 0 Å². The first kappa shape index (κ1) is 15.4. The molecule has 0 spiro atoms.